The van der Waals surface area contributed by atoms with Crippen molar-refractivity contribution < 1.29 is 13.9 Å². The van der Waals surface area contributed by atoms with Crippen LogP contribution in [0, 0.1) is 11.8 Å². The molecule has 0 N–H and O–H groups in total. The van der Waals surface area contributed by atoms with Crippen molar-refractivity contribution in [1.82, 2.24) is 0 Å². The van der Waals surface area contributed by atoms with Crippen molar-refractivity contribution in [2.24, 2.45) is 11.8 Å². The highest BCUT2D eigenvalue weighted by Crippen LogP contribution is 2.39. The number of hydrogen-bond donors (Lipinski definition) is 0. The van der Waals surface area contributed by atoms with Crippen LogP contribution in [0.3, 0.4) is 0 Å². The standard InChI is InChI=1S/C22H37IO3Si/c1-17(13-14-23)21(26-27(7,8)22(3,4)5)18(2)15-25-16-19-9-11-20(24-6)12-10-19/h9-14,17-18,21H,15-16H2,1-8H3/b14-13-/t17-,18-,21+/m0/s1. The van der Waals surface area contributed by atoms with Gasteiger partial charge in [-0.3, -0.25) is 0 Å². The molecule has 1 aromatic carbocycles. The third-order valence-electron chi connectivity index (χ3n) is 5.50. The Kier molecular flexibility index (Phi) is 10.0. The zero-order valence-electron chi connectivity index (χ0n) is 18.2. The van der Waals surface area contributed by atoms with E-state index >= 15 is 0 Å². The van der Waals surface area contributed by atoms with Gasteiger partial charge >= 0.3 is 0 Å². The van der Waals surface area contributed by atoms with E-state index in [1.165, 1.54) is 0 Å². The quantitative estimate of drug-likeness (QED) is 0.258. The van der Waals surface area contributed by atoms with Gasteiger partial charge in [0.05, 0.1) is 26.4 Å². The minimum atomic E-state index is -1.84. The Morgan fingerprint density at radius 2 is 1.70 bits per heavy atom. The van der Waals surface area contributed by atoms with Gasteiger partial charge in [-0.15, -0.1) is 0 Å². The van der Waals surface area contributed by atoms with Crippen molar-refractivity contribution in [3.05, 3.63) is 40.0 Å². The van der Waals surface area contributed by atoms with E-state index in [0.717, 1.165) is 11.3 Å². The Morgan fingerprint density at radius 1 is 1.11 bits per heavy atom. The Balaban J connectivity index is 2.73. The van der Waals surface area contributed by atoms with Crippen LogP contribution >= 0.6 is 22.6 Å². The van der Waals surface area contributed by atoms with E-state index in [2.05, 4.69) is 92.6 Å². The van der Waals surface area contributed by atoms with Crippen LogP contribution in [0.2, 0.25) is 18.1 Å². The topological polar surface area (TPSA) is 27.7 Å². The van der Waals surface area contributed by atoms with Crippen LogP contribution in [0.15, 0.2) is 34.4 Å². The summed E-state index contributed by atoms with van der Waals surface area (Å²) in [5.74, 6) is 1.55. The fraction of sp³-hybridized carbons (Fsp3) is 0.636. The van der Waals surface area contributed by atoms with Gasteiger partial charge in [-0.2, -0.15) is 0 Å². The molecule has 0 saturated carbocycles. The molecule has 0 radical (unpaired) electrons. The maximum Gasteiger partial charge on any atom is 0.192 e. The molecule has 0 fully saturated rings. The molecule has 0 amide bonds. The zero-order chi connectivity index (χ0) is 20.7. The van der Waals surface area contributed by atoms with Gasteiger partial charge in [0, 0.05) is 11.8 Å². The normalized spacial score (nSPS) is 16.3. The van der Waals surface area contributed by atoms with Crippen molar-refractivity contribution in [2.75, 3.05) is 13.7 Å². The highest BCUT2D eigenvalue weighted by Gasteiger charge is 2.41. The summed E-state index contributed by atoms with van der Waals surface area (Å²) in [5.41, 5.74) is 1.16. The third-order valence-corrected chi connectivity index (χ3v) is 10.4. The lowest BCUT2D eigenvalue weighted by Crippen LogP contribution is -2.47. The van der Waals surface area contributed by atoms with Crippen molar-refractivity contribution in [3.63, 3.8) is 0 Å². The third kappa shape index (κ3) is 7.87. The van der Waals surface area contributed by atoms with Crippen LogP contribution in [0.25, 0.3) is 0 Å². The first-order chi connectivity index (χ1) is 12.5. The summed E-state index contributed by atoms with van der Waals surface area (Å²) in [6.07, 6.45) is 2.39. The molecule has 0 aliphatic rings. The maximum absolute atomic E-state index is 6.80. The van der Waals surface area contributed by atoms with Crippen LogP contribution < -0.4 is 4.74 Å². The van der Waals surface area contributed by atoms with Gasteiger partial charge in [0.25, 0.3) is 0 Å². The summed E-state index contributed by atoms with van der Waals surface area (Å²) in [6.45, 7) is 17.3. The van der Waals surface area contributed by atoms with Crippen LogP contribution in [-0.2, 0) is 15.8 Å². The lowest BCUT2D eigenvalue weighted by Gasteiger charge is -2.42. The lowest BCUT2D eigenvalue weighted by molar-refractivity contribution is 0.0195. The first kappa shape index (κ1) is 24.7. The molecule has 0 aromatic heterocycles. The van der Waals surface area contributed by atoms with Crippen molar-refractivity contribution in [2.45, 2.75) is 65.5 Å². The van der Waals surface area contributed by atoms with E-state index in [1.54, 1.807) is 7.11 Å². The van der Waals surface area contributed by atoms with Gasteiger partial charge in [0.2, 0.25) is 0 Å². The average molecular weight is 505 g/mol. The maximum atomic E-state index is 6.80. The molecule has 1 aromatic rings. The van der Waals surface area contributed by atoms with E-state index in [-0.39, 0.29) is 11.1 Å². The zero-order valence-corrected chi connectivity index (χ0v) is 21.4. The second kappa shape index (κ2) is 11.0. The molecule has 27 heavy (non-hydrogen) atoms. The molecule has 154 valence electrons. The SMILES string of the molecule is COc1ccc(COC[C@H](C)[C@H](O[Si](C)(C)C(C)(C)C)[C@@H](C)/C=C\I)cc1. The van der Waals surface area contributed by atoms with Crippen molar-refractivity contribution in [3.8, 4) is 5.75 Å². The van der Waals surface area contributed by atoms with Gasteiger partial charge < -0.3 is 13.9 Å². The molecule has 5 heteroatoms. The number of methoxy groups -OCH3 is 1. The molecule has 1 rings (SSSR count). The number of benzene rings is 1. The molecular formula is C22H37IO3Si. The van der Waals surface area contributed by atoms with E-state index < -0.39 is 8.32 Å². The fourth-order valence-electron chi connectivity index (χ4n) is 2.66. The molecule has 0 aliphatic heterocycles. The largest absolute Gasteiger partial charge is 0.497 e. The van der Waals surface area contributed by atoms with Gasteiger partial charge in [-0.05, 0) is 39.9 Å². The summed E-state index contributed by atoms with van der Waals surface area (Å²) < 4.78 is 20.1. The second-order valence-corrected chi connectivity index (χ2v) is 14.3. The summed E-state index contributed by atoms with van der Waals surface area (Å²) in [7, 11) is -0.160. The minimum absolute atomic E-state index is 0.160. The number of halogens is 1. The monoisotopic (exact) mass is 504 g/mol. The van der Waals surface area contributed by atoms with E-state index in [4.69, 9.17) is 13.9 Å². The molecule has 0 spiro atoms. The summed E-state index contributed by atoms with van der Waals surface area (Å²) in [5, 5.41) is 0.197. The van der Waals surface area contributed by atoms with E-state index in [0.29, 0.717) is 25.0 Å². The second-order valence-electron chi connectivity index (χ2n) is 8.86. The predicted molar refractivity (Wildman–Crippen MR) is 126 cm³/mol. The first-order valence-electron chi connectivity index (χ1n) is 9.67. The van der Waals surface area contributed by atoms with Crippen molar-refractivity contribution in [1.29, 1.82) is 0 Å². The number of rotatable bonds is 10. The Labute approximate surface area is 181 Å². The predicted octanol–water partition coefficient (Wildman–Crippen LogP) is 6.82. The molecular weight excluding hydrogens is 467 g/mol. The highest BCUT2D eigenvalue weighted by atomic mass is 127. The molecule has 0 bridgehead atoms. The summed E-state index contributed by atoms with van der Waals surface area (Å²) in [4.78, 5) is 0. The molecule has 0 saturated heterocycles. The molecule has 0 aliphatic carbocycles. The van der Waals surface area contributed by atoms with E-state index in [1.807, 2.05) is 12.1 Å². The minimum Gasteiger partial charge on any atom is -0.497 e. The Bertz CT molecular complexity index is 578. The number of ether oxygens (including phenoxy) is 2. The molecule has 3 nitrogen and oxygen atoms in total. The average Bonchev–Trinajstić information content (AvgIpc) is 2.59. The van der Waals surface area contributed by atoms with Crippen LogP contribution in [-0.4, -0.2) is 28.1 Å². The molecule has 0 heterocycles. The van der Waals surface area contributed by atoms with Gasteiger partial charge in [-0.25, -0.2) is 0 Å². The van der Waals surface area contributed by atoms with Gasteiger partial charge in [-0.1, -0.05) is 75.4 Å². The summed E-state index contributed by atoms with van der Waals surface area (Å²) >= 11 is 2.29. The lowest BCUT2D eigenvalue weighted by atomic mass is 9.94. The molecule has 0 unspecified atom stereocenters. The van der Waals surface area contributed by atoms with Crippen molar-refractivity contribution >= 4 is 30.9 Å². The van der Waals surface area contributed by atoms with Crippen LogP contribution in [0.1, 0.15) is 40.2 Å². The van der Waals surface area contributed by atoms with Crippen LogP contribution in [0.5, 0.6) is 5.75 Å². The fourth-order valence-corrected chi connectivity index (χ4v) is 4.80. The van der Waals surface area contributed by atoms with E-state index in [9.17, 15) is 0 Å². The van der Waals surface area contributed by atoms with Gasteiger partial charge in [0.15, 0.2) is 8.32 Å². The van der Waals surface area contributed by atoms with Crippen LogP contribution in [0.4, 0.5) is 0 Å². The first-order valence-corrected chi connectivity index (χ1v) is 13.8. The highest BCUT2D eigenvalue weighted by molar-refractivity contribution is 14.1. The van der Waals surface area contributed by atoms with Gasteiger partial charge in [0.1, 0.15) is 5.75 Å². The summed E-state index contributed by atoms with van der Waals surface area (Å²) in [6, 6.07) is 8.04. The Hall–Kier alpha value is -0.373. The molecule has 3 atom stereocenters. The smallest absolute Gasteiger partial charge is 0.192 e. The number of hydrogen-bond acceptors (Lipinski definition) is 3. The Morgan fingerprint density at radius 3 is 2.19 bits per heavy atom.